The Bertz CT molecular complexity index is 2670. The summed E-state index contributed by atoms with van der Waals surface area (Å²) in [5.41, 5.74) is 12.5. The van der Waals surface area contributed by atoms with Crippen LogP contribution in [-0.2, 0) is 6.42 Å². The average Bonchev–Trinajstić information content (AvgIpc) is 3.66. The van der Waals surface area contributed by atoms with Crippen molar-refractivity contribution < 1.29 is 0 Å². The van der Waals surface area contributed by atoms with E-state index in [9.17, 15) is 15.8 Å². The van der Waals surface area contributed by atoms with Crippen LogP contribution >= 0.6 is 0 Å². The molecule has 1 aromatic heterocycles. The second-order valence-electron chi connectivity index (χ2n) is 13.6. The predicted molar refractivity (Wildman–Crippen MR) is 204 cm³/mol. The SMILES string of the molecule is CC12C=CC=CC1c1cc(C#N)ccc1N2c1ccc(C#N)cc1-c1cccc(C#N)c1-c1cccc(-n2c3c(c4ccccc42)CCC=C3)c1. The molecule has 0 amide bonds. The summed E-state index contributed by atoms with van der Waals surface area (Å²) in [6.07, 6.45) is 15.1. The number of aryl methyl sites for hydroxylation is 1. The number of anilines is 2. The van der Waals surface area contributed by atoms with Crippen molar-refractivity contribution in [3.63, 3.8) is 0 Å². The molecule has 51 heavy (non-hydrogen) atoms. The molecule has 0 bridgehead atoms. The molecule has 0 spiro atoms. The van der Waals surface area contributed by atoms with Gasteiger partial charge in [0.15, 0.2) is 0 Å². The molecule has 2 heterocycles. The maximum atomic E-state index is 10.6. The monoisotopic (exact) mass is 653 g/mol. The van der Waals surface area contributed by atoms with E-state index in [4.69, 9.17) is 0 Å². The van der Waals surface area contributed by atoms with Crippen LogP contribution in [0.2, 0.25) is 0 Å². The summed E-state index contributed by atoms with van der Waals surface area (Å²) in [7, 11) is 0. The lowest BCUT2D eigenvalue weighted by Gasteiger charge is -2.40. The van der Waals surface area contributed by atoms with E-state index in [0.29, 0.717) is 16.7 Å². The van der Waals surface area contributed by atoms with Gasteiger partial charge in [-0.05, 0) is 109 Å². The molecule has 0 N–H and O–H groups in total. The molecule has 0 fully saturated rings. The van der Waals surface area contributed by atoms with Gasteiger partial charge in [-0.1, -0.05) is 72.8 Å². The van der Waals surface area contributed by atoms with E-state index >= 15 is 0 Å². The Hall–Kier alpha value is -6.87. The standard InChI is InChI=1S/C46H31N5/c1-46-23-7-6-16-40(46)39-25-31(28-48)20-22-44(39)51(46)43-21-19-30(27-47)24-38(43)37-15-9-11-33(29-49)45(37)32-10-8-12-34(26-32)50-41-17-4-2-13-35(41)36-14-3-5-18-42(36)50/h2,4-13,15-26,40H,3,14H2,1H3. The second kappa shape index (κ2) is 11.6. The van der Waals surface area contributed by atoms with Crippen molar-refractivity contribution in [2.45, 2.75) is 31.2 Å². The van der Waals surface area contributed by atoms with E-state index in [-0.39, 0.29) is 5.92 Å². The molecule has 3 aliphatic rings. The summed E-state index contributed by atoms with van der Waals surface area (Å²) in [5.74, 6) is 0.0206. The minimum Gasteiger partial charge on any atom is -0.330 e. The molecular formula is C46H31N5. The van der Waals surface area contributed by atoms with Crippen LogP contribution in [-0.4, -0.2) is 10.1 Å². The van der Waals surface area contributed by atoms with Crippen molar-refractivity contribution in [1.82, 2.24) is 4.57 Å². The third kappa shape index (κ3) is 4.51. The molecule has 9 rings (SSSR count). The number of hydrogen-bond donors (Lipinski definition) is 0. The van der Waals surface area contributed by atoms with Crippen LogP contribution in [0, 0.1) is 34.0 Å². The number of nitriles is 3. The summed E-state index contributed by atoms with van der Waals surface area (Å²) in [4.78, 5) is 2.34. The fraction of sp³-hybridized carbons (Fsp3) is 0.109. The summed E-state index contributed by atoms with van der Waals surface area (Å²) < 4.78 is 2.33. The van der Waals surface area contributed by atoms with E-state index in [0.717, 1.165) is 63.2 Å². The number of fused-ring (bicyclic) bond motifs is 6. The van der Waals surface area contributed by atoms with E-state index < -0.39 is 5.54 Å². The molecular weight excluding hydrogens is 623 g/mol. The van der Waals surface area contributed by atoms with Crippen LogP contribution in [0.25, 0.3) is 44.9 Å². The van der Waals surface area contributed by atoms with E-state index in [1.54, 1.807) is 0 Å². The largest absolute Gasteiger partial charge is 0.330 e. The first-order valence-corrected chi connectivity index (χ1v) is 17.2. The Balaban J connectivity index is 1.28. The highest BCUT2D eigenvalue weighted by atomic mass is 15.2. The molecule has 6 aromatic rings. The molecule has 240 valence electrons. The van der Waals surface area contributed by atoms with Crippen molar-refractivity contribution in [2.24, 2.45) is 0 Å². The van der Waals surface area contributed by atoms with Gasteiger partial charge >= 0.3 is 0 Å². The maximum Gasteiger partial charge on any atom is 0.0998 e. The molecule has 0 radical (unpaired) electrons. The zero-order valence-corrected chi connectivity index (χ0v) is 28.0. The van der Waals surface area contributed by atoms with Gasteiger partial charge < -0.3 is 9.47 Å². The van der Waals surface area contributed by atoms with Gasteiger partial charge in [0.05, 0.1) is 46.0 Å². The number of allylic oxidation sites excluding steroid dienone is 3. The third-order valence-corrected chi connectivity index (χ3v) is 10.8. The summed E-state index contributed by atoms with van der Waals surface area (Å²) in [6.45, 7) is 2.22. The minimum atomic E-state index is -0.469. The Labute approximate surface area is 297 Å². The van der Waals surface area contributed by atoms with Gasteiger partial charge in [-0.25, -0.2) is 0 Å². The lowest BCUT2D eigenvalue weighted by Crippen LogP contribution is -2.42. The zero-order chi connectivity index (χ0) is 34.7. The van der Waals surface area contributed by atoms with Gasteiger partial charge in [-0.3, -0.25) is 0 Å². The average molecular weight is 654 g/mol. The van der Waals surface area contributed by atoms with Crippen LogP contribution in [0.5, 0.6) is 0 Å². The van der Waals surface area contributed by atoms with E-state index in [1.165, 1.54) is 16.6 Å². The fourth-order valence-electron chi connectivity index (χ4n) is 8.54. The second-order valence-corrected chi connectivity index (χ2v) is 13.6. The smallest absolute Gasteiger partial charge is 0.0998 e. The maximum absolute atomic E-state index is 10.6. The molecule has 0 saturated heterocycles. The van der Waals surface area contributed by atoms with Crippen LogP contribution in [0.4, 0.5) is 11.4 Å². The molecule has 0 saturated carbocycles. The summed E-state index contributed by atoms with van der Waals surface area (Å²) >= 11 is 0. The van der Waals surface area contributed by atoms with Crippen molar-refractivity contribution in [1.29, 1.82) is 15.8 Å². The number of hydrogen-bond acceptors (Lipinski definition) is 4. The first-order chi connectivity index (χ1) is 25.0. The quantitative estimate of drug-likeness (QED) is 0.190. The summed E-state index contributed by atoms with van der Waals surface area (Å²) in [6, 6.07) is 41.8. The van der Waals surface area contributed by atoms with Gasteiger partial charge in [-0.2, -0.15) is 15.8 Å². The fourth-order valence-corrected chi connectivity index (χ4v) is 8.54. The highest BCUT2D eigenvalue weighted by molar-refractivity contribution is 5.97. The Morgan fingerprint density at radius 2 is 1.55 bits per heavy atom. The van der Waals surface area contributed by atoms with Gasteiger partial charge in [0, 0.05) is 45.2 Å². The highest BCUT2D eigenvalue weighted by Gasteiger charge is 2.47. The van der Waals surface area contributed by atoms with Gasteiger partial charge in [0.1, 0.15) is 0 Å². The first-order valence-electron chi connectivity index (χ1n) is 17.2. The van der Waals surface area contributed by atoms with Crippen molar-refractivity contribution >= 4 is 28.4 Å². The van der Waals surface area contributed by atoms with Gasteiger partial charge in [0.25, 0.3) is 0 Å². The van der Waals surface area contributed by atoms with Crippen LogP contribution in [0.3, 0.4) is 0 Å². The normalized spacial score (nSPS) is 18.1. The molecule has 5 heteroatoms. The van der Waals surface area contributed by atoms with Crippen LogP contribution in [0.1, 0.15) is 52.8 Å². The van der Waals surface area contributed by atoms with Crippen molar-refractivity contribution in [3.8, 4) is 46.1 Å². The topological polar surface area (TPSA) is 79.5 Å². The Kier molecular flexibility index (Phi) is 6.89. The van der Waals surface area contributed by atoms with E-state index in [2.05, 4.69) is 126 Å². The first kappa shape index (κ1) is 30.2. The molecule has 1 aliphatic heterocycles. The minimum absolute atomic E-state index is 0.0206. The van der Waals surface area contributed by atoms with Crippen LogP contribution in [0.15, 0.2) is 134 Å². The molecule has 5 nitrogen and oxygen atoms in total. The number of rotatable bonds is 4. The van der Waals surface area contributed by atoms with Gasteiger partial charge in [-0.15, -0.1) is 0 Å². The van der Waals surface area contributed by atoms with Crippen LogP contribution < -0.4 is 4.90 Å². The third-order valence-electron chi connectivity index (χ3n) is 10.8. The number of para-hydroxylation sites is 1. The zero-order valence-electron chi connectivity index (χ0n) is 28.0. The summed E-state index contributed by atoms with van der Waals surface area (Å²) in [5, 5.41) is 31.8. The molecule has 2 unspecified atom stereocenters. The Morgan fingerprint density at radius 3 is 2.39 bits per heavy atom. The van der Waals surface area contributed by atoms with Gasteiger partial charge in [0.2, 0.25) is 0 Å². The van der Waals surface area contributed by atoms with E-state index in [1.807, 2.05) is 48.5 Å². The number of nitrogens with zero attached hydrogens (tertiary/aromatic N) is 5. The lowest BCUT2D eigenvalue weighted by atomic mass is 9.80. The predicted octanol–water partition coefficient (Wildman–Crippen LogP) is 10.7. The van der Waals surface area contributed by atoms with Crippen molar-refractivity contribution in [2.75, 3.05) is 4.90 Å². The molecule has 2 atom stereocenters. The molecule has 2 aliphatic carbocycles. The lowest BCUT2D eigenvalue weighted by molar-refractivity contribution is 0.542. The number of benzene rings is 5. The van der Waals surface area contributed by atoms with Crippen molar-refractivity contribution in [3.05, 3.63) is 167 Å². The highest BCUT2D eigenvalue weighted by Crippen LogP contribution is 2.56. The number of aromatic nitrogens is 1. The molecule has 5 aromatic carbocycles. The Morgan fingerprint density at radius 1 is 0.745 bits per heavy atom.